The highest BCUT2D eigenvalue weighted by atomic mass is 35.5. The molecule has 0 bridgehead atoms. The van der Waals surface area contributed by atoms with E-state index in [2.05, 4.69) is 5.32 Å². The Morgan fingerprint density at radius 1 is 1.61 bits per heavy atom. The van der Waals surface area contributed by atoms with Gasteiger partial charge in [-0.2, -0.15) is 0 Å². The molecule has 3 nitrogen and oxygen atoms in total. The summed E-state index contributed by atoms with van der Waals surface area (Å²) in [6.07, 6.45) is 0.463. The molecule has 3 N–H and O–H groups in total. The molecular weight excluding hydrogens is 275 g/mol. The van der Waals surface area contributed by atoms with Gasteiger partial charge in [0.15, 0.2) is 0 Å². The van der Waals surface area contributed by atoms with Gasteiger partial charge in [-0.05, 0) is 31.5 Å². The van der Waals surface area contributed by atoms with Crippen LogP contribution in [0.5, 0.6) is 0 Å². The summed E-state index contributed by atoms with van der Waals surface area (Å²) in [5, 5.41) is 2.58. The van der Waals surface area contributed by atoms with Crippen LogP contribution in [0.15, 0.2) is 18.2 Å². The van der Waals surface area contributed by atoms with Crippen LogP contribution in [0, 0.1) is 11.2 Å². The van der Waals surface area contributed by atoms with Gasteiger partial charge < -0.3 is 11.1 Å². The van der Waals surface area contributed by atoms with Gasteiger partial charge in [0.2, 0.25) is 5.91 Å². The van der Waals surface area contributed by atoms with E-state index < -0.39 is 11.2 Å². The van der Waals surface area contributed by atoms with Gasteiger partial charge in [-0.1, -0.05) is 30.7 Å². The van der Waals surface area contributed by atoms with Crippen molar-refractivity contribution >= 4 is 40.4 Å². The van der Waals surface area contributed by atoms with Gasteiger partial charge in [0.1, 0.15) is 5.82 Å². The fourth-order valence-corrected chi connectivity index (χ4v) is 1.64. The Morgan fingerprint density at radius 3 is 2.67 bits per heavy atom. The minimum Gasteiger partial charge on any atom is -0.392 e. The Morgan fingerprint density at radius 2 is 2.22 bits per heavy atom. The van der Waals surface area contributed by atoms with Crippen molar-refractivity contribution < 1.29 is 9.18 Å². The lowest BCUT2D eigenvalue weighted by molar-refractivity contribution is -0.121. The molecule has 1 aromatic carbocycles. The summed E-state index contributed by atoms with van der Waals surface area (Å²) in [4.78, 5) is 12.2. The summed E-state index contributed by atoms with van der Waals surface area (Å²) in [5.74, 6) is -0.956. The van der Waals surface area contributed by atoms with Gasteiger partial charge >= 0.3 is 0 Å². The summed E-state index contributed by atoms with van der Waals surface area (Å²) in [5.41, 5.74) is 4.93. The molecule has 1 unspecified atom stereocenters. The van der Waals surface area contributed by atoms with E-state index >= 15 is 0 Å². The third-order valence-corrected chi connectivity index (χ3v) is 3.69. The molecule has 0 heterocycles. The van der Waals surface area contributed by atoms with E-state index in [1.165, 1.54) is 12.1 Å². The minimum atomic E-state index is -0.953. The molecule has 1 rings (SSSR count). The molecule has 6 heteroatoms. The molecular formula is C12H14ClFN2OS. The van der Waals surface area contributed by atoms with Crippen molar-refractivity contribution in [2.24, 2.45) is 11.1 Å². The number of amides is 1. The molecule has 0 aliphatic carbocycles. The Balaban J connectivity index is 2.93. The van der Waals surface area contributed by atoms with Gasteiger partial charge in [-0.3, -0.25) is 4.79 Å². The van der Waals surface area contributed by atoms with Gasteiger partial charge in [-0.15, -0.1) is 0 Å². The van der Waals surface area contributed by atoms with Crippen molar-refractivity contribution in [3.63, 3.8) is 0 Å². The van der Waals surface area contributed by atoms with Crippen LogP contribution in [0.2, 0.25) is 5.02 Å². The molecule has 98 valence electrons. The molecule has 0 fully saturated rings. The number of anilines is 1. The van der Waals surface area contributed by atoms with Crippen molar-refractivity contribution in [2.45, 2.75) is 20.3 Å². The maximum atomic E-state index is 13.2. The first-order valence-corrected chi connectivity index (χ1v) is 6.16. The average Bonchev–Trinajstić information content (AvgIpc) is 2.32. The average molecular weight is 289 g/mol. The normalized spacial score (nSPS) is 13.8. The zero-order valence-corrected chi connectivity index (χ0v) is 11.7. The smallest absolute Gasteiger partial charge is 0.237 e. The van der Waals surface area contributed by atoms with Crippen LogP contribution in [-0.4, -0.2) is 10.9 Å². The van der Waals surface area contributed by atoms with Gasteiger partial charge in [0.25, 0.3) is 0 Å². The minimum absolute atomic E-state index is 0.000554. The first kappa shape index (κ1) is 14.9. The van der Waals surface area contributed by atoms with E-state index in [0.717, 1.165) is 6.07 Å². The molecule has 1 amide bonds. The lowest BCUT2D eigenvalue weighted by Gasteiger charge is -2.25. The van der Waals surface area contributed by atoms with E-state index in [-0.39, 0.29) is 15.9 Å². The largest absolute Gasteiger partial charge is 0.392 e. The van der Waals surface area contributed by atoms with Crippen LogP contribution in [0.3, 0.4) is 0 Å². The molecule has 0 aliphatic heterocycles. The number of rotatable bonds is 4. The van der Waals surface area contributed by atoms with Crippen molar-refractivity contribution in [1.82, 2.24) is 0 Å². The Hall–Kier alpha value is -1.20. The fraction of sp³-hybridized carbons (Fsp3) is 0.333. The number of hydrogen-bond donors (Lipinski definition) is 2. The number of nitrogens with one attached hydrogen (secondary N) is 1. The molecule has 0 aliphatic rings. The monoisotopic (exact) mass is 288 g/mol. The third kappa shape index (κ3) is 2.97. The number of thiocarbonyl (C=S) groups is 1. The fourth-order valence-electron chi connectivity index (χ4n) is 1.29. The first-order chi connectivity index (χ1) is 8.31. The quantitative estimate of drug-likeness (QED) is 0.837. The molecule has 1 aromatic rings. The third-order valence-electron chi connectivity index (χ3n) is 2.93. The molecule has 0 saturated heterocycles. The predicted molar refractivity (Wildman–Crippen MR) is 75.2 cm³/mol. The van der Waals surface area contributed by atoms with E-state index in [1.54, 1.807) is 13.8 Å². The van der Waals surface area contributed by atoms with Crippen molar-refractivity contribution in [1.29, 1.82) is 0 Å². The Bertz CT molecular complexity index is 495. The Kier molecular flexibility index (Phi) is 4.65. The second kappa shape index (κ2) is 5.63. The highest BCUT2D eigenvalue weighted by Gasteiger charge is 2.34. The van der Waals surface area contributed by atoms with Crippen LogP contribution in [0.25, 0.3) is 0 Å². The summed E-state index contributed by atoms with van der Waals surface area (Å²) >= 11 is 10.4. The Labute approximate surface area is 115 Å². The van der Waals surface area contributed by atoms with Gasteiger partial charge in [0.05, 0.1) is 15.4 Å². The topological polar surface area (TPSA) is 55.1 Å². The van der Waals surface area contributed by atoms with Crippen molar-refractivity contribution in [2.75, 3.05) is 5.32 Å². The SMILES string of the molecule is CCC(C)(C(=O)Nc1ccc(Cl)c(F)c1)C(N)=S. The van der Waals surface area contributed by atoms with Gasteiger partial charge in [0, 0.05) is 5.69 Å². The first-order valence-electron chi connectivity index (χ1n) is 5.37. The number of halogens is 2. The zero-order chi connectivity index (χ0) is 13.9. The highest BCUT2D eigenvalue weighted by molar-refractivity contribution is 7.80. The number of hydrogen-bond acceptors (Lipinski definition) is 2. The molecule has 0 spiro atoms. The predicted octanol–water partition coefficient (Wildman–Crippen LogP) is 3.12. The summed E-state index contributed by atoms with van der Waals surface area (Å²) in [6, 6.07) is 4.03. The van der Waals surface area contributed by atoms with Crippen LogP contribution >= 0.6 is 23.8 Å². The summed E-state index contributed by atoms with van der Waals surface area (Å²) in [7, 11) is 0. The van der Waals surface area contributed by atoms with Crippen molar-refractivity contribution in [3.8, 4) is 0 Å². The van der Waals surface area contributed by atoms with E-state index in [0.29, 0.717) is 12.1 Å². The van der Waals surface area contributed by atoms with E-state index in [1.807, 2.05) is 0 Å². The van der Waals surface area contributed by atoms with Crippen LogP contribution < -0.4 is 11.1 Å². The maximum absolute atomic E-state index is 13.2. The van der Waals surface area contributed by atoms with E-state index in [9.17, 15) is 9.18 Å². The standard InChI is InChI=1S/C12H14ClFN2OS/c1-3-12(2,10(15)18)11(17)16-7-4-5-8(13)9(14)6-7/h4-6H,3H2,1-2H3,(H2,15,18)(H,16,17). The second-order valence-corrected chi connectivity index (χ2v) is 4.98. The number of benzene rings is 1. The van der Waals surface area contributed by atoms with Crippen LogP contribution in [0.1, 0.15) is 20.3 Å². The van der Waals surface area contributed by atoms with E-state index in [4.69, 9.17) is 29.6 Å². The molecule has 0 radical (unpaired) electrons. The van der Waals surface area contributed by atoms with Crippen LogP contribution in [-0.2, 0) is 4.79 Å². The van der Waals surface area contributed by atoms with Gasteiger partial charge in [-0.25, -0.2) is 4.39 Å². The molecule has 18 heavy (non-hydrogen) atoms. The maximum Gasteiger partial charge on any atom is 0.237 e. The van der Waals surface area contributed by atoms with Crippen molar-refractivity contribution in [3.05, 3.63) is 29.0 Å². The number of carbonyl (C=O) groups excluding carboxylic acids is 1. The highest BCUT2D eigenvalue weighted by Crippen LogP contribution is 2.25. The zero-order valence-electron chi connectivity index (χ0n) is 10.1. The number of nitrogens with two attached hydrogens (primary N) is 1. The second-order valence-electron chi connectivity index (χ2n) is 4.13. The molecule has 0 saturated carbocycles. The molecule has 1 atom stereocenters. The molecule has 0 aromatic heterocycles. The lowest BCUT2D eigenvalue weighted by Crippen LogP contribution is -2.43. The summed E-state index contributed by atoms with van der Waals surface area (Å²) < 4.78 is 13.2. The summed E-state index contributed by atoms with van der Waals surface area (Å²) in [6.45, 7) is 3.46. The lowest BCUT2D eigenvalue weighted by atomic mass is 9.86. The number of carbonyl (C=O) groups is 1. The van der Waals surface area contributed by atoms with Crippen LogP contribution in [0.4, 0.5) is 10.1 Å².